The average molecular weight is 321 g/mol. The highest BCUT2D eigenvalue weighted by molar-refractivity contribution is 7.08. The highest BCUT2D eigenvalue weighted by atomic mass is 32.1. The van der Waals surface area contributed by atoms with E-state index in [0.717, 1.165) is 12.0 Å². The van der Waals surface area contributed by atoms with Crippen LogP contribution in [0.15, 0.2) is 21.3 Å². The molecule has 6 nitrogen and oxygen atoms in total. The van der Waals surface area contributed by atoms with Crippen LogP contribution in [0.2, 0.25) is 0 Å². The van der Waals surface area contributed by atoms with Crippen molar-refractivity contribution in [2.45, 2.75) is 32.3 Å². The van der Waals surface area contributed by atoms with Crippen molar-refractivity contribution < 1.29 is 14.1 Å². The summed E-state index contributed by atoms with van der Waals surface area (Å²) in [5.41, 5.74) is 0.949. The summed E-state index contributed by atoms with van der Waals surface area (Å²) in [7, 11) is 0. The van der Waals surface area contributed by atoms with Gasteiger partial charge in [0.2, 0.25) is 17.6 Å². The van der Waals surface area contributed by atoms with Crippen molar-refractivity contribution in [1.82, 2.24) is 15.0 Å². The lowest BCUT2D eigenvalue weighted by Crippen LogP contribution is -2.45. The Kier molecular flexibility index (Phi) is 4.84. The van der Waals surface area contributed by atoms with Gasteiger partial charge in [0, 0.05) is 36.9 Å². The fourth-order valence-electron chi connectivity index (χ4n) is 2.43. The molecule has 0 bridgehead atoms. The first-order valence-corrected chi connectivity index (χ1v) is 8.45. The van der Waals surface area contributed by atoms with Crippen molar-refractivity contribution in [2.75, 3.05) is 19.7 Å². The maximum absolute atomic E-state index is 12.3. The third-order valence-corrected chi connectivity index (χ3v) is 4.43. The minimum Gasteiger partial charge on any atom is -0.375 e. The molecule has 22 heavy (non-hydrogen) atoms. The highest BCUT2D eigenvalue weighted by Gasteiger charge is 2.23. The molecule has 0 aromatic carbocycles. The van der Waals surface area contributed by atoms with Crippen LogP contribution >= 0.6 is 11.3 Å². The molecule has 0 radical (unpaired) electrons. The molecule has 2 aromatic heterocycles. The van der Waals surface area contributed by atoms with Crippen molar-refractivity contribution >= 4 is 17.2 Å². The van der Waals surface area contributed by atoms with E-state index in [4.69, 9.17) is 9.26 Å². The largest absolute Gasteiger partial charge is 0.375 e. The SMILES string of the molecule is CCC1CN(C(=O)CCc2nc(-c3ccsc3)no2)CCO1. The van der Waals surface area contributed by atoms with Gasteiger partial charge in [0.1, 0.15) is 0 Å². The molecule has 1 atom stereocenters. The van der Waals surface area contributed by atoms with Crippen LogP contribution in [-0.2, 0) is 16.0 Å². The van der Waals surface area contributed by atoms with Gasteiger partial charge in [-0.3, -0.25) is 4.79 Å². The Morgan fingerprint density at radius 2 is 2.45 bits per heavy atom. The van der Waals surface area contributed by atoms with Crippen LogP contribution in [0.1, 0.15) is 25.7 Å². The first-order chi connectivity index (χ1) is 10.8. The second-order valence-corrected chi connectivity index (χ2v) is 6.04. The van der Waals surface area contributed by atoms with Crippen molar-refractivity contribution in [3.8, 4) is 11.4 Å². The van der Waals surface area contributed by atoms with Crippen molar-refractivity contribution in [1.29, 1.82) is 0 Å². The first kappa shape index (κ1) is 15.2. The van der Waals surface area contributed by atoms with E-state index in [-0.39, 0.29) is 12.0 Å². The fraction of sp³-hybridized carbons (Fsp3) is 0.533. The van der Waals surface area contributed by atoms with Crippen LogP contribution in [0.3, 0.4) is 0 Å². The lowest BCUT2D eigenvalue weighted by molar-refractivity contribution is -0.138. The summed E-state index contributed by atoms with van der Waals surface area (Å²) in [6.45, 7) is 4.04. The maximum Gasteiger partial charge on any atom is 0.227 e. The molecule has 1 amide bonds. The normalized spacial score (nSPS) is 18.6. The second kappa shape index (κ2) is 7.02. The summed E-state index contributed by atoms with van der Waals surface area (Å²) in [5, 5.41) is 7.89. The molecule has 2 aromatic rings. The molecule has 3 rings (SSSR count). The molecule has 7 heteroatoms. The van der Waals surface area contributed by atoms with Gasteiger partial charge in [-0.2, -0.15) is 16.3 Å². The zero-order valence-electron chi connectivity index (χ0n) is 12.5. The predicted octanol–water partition coefficient (Wildman–Crippen LogP) is 2.37. The van der Waals surface area contributed by atoms with Crippen LogP contribution in [-0.4, -0.2) is 46.7 Å². The molecule has 1 unspecified atom stereocenters. The second-order valence-electron chi connectivity index (χ2n) is 5.26. The Morgan fingerprint density at radius 1 is 1.55 bits per heavy atom. The van der Waals surface area contributed by atoms with Gasteiger partial charge in [-0.1, -0.05) is 12.1 Å². The van der Waals surface area contributed by atoms with Gasteiger partial charge >= 0.3 is 0 Å². The Bertz CT molecular complexity index is 611. The van der Waals surface area contributed by atoms with E-state index in [0.29, 0.717) is 44.3 Å². The molecule has 0 saturated carbocycles. The Morgan fingerprint density at radius 3 is 3.23 bits per heavy atom. The number of hydrogen-bond acceptors (Lipinski definition) is 6. The van der Waals surface area contributed by atoms with Gasteiger partial charge in [0.05, 0.1) is 12.7 Å². The van der Waals surface area contributed by atoms with E-state index in [1.807, 2.05) is 21.7 Å². The van der Waals surface area contributed by atoms with Crippen molar-refractivity contribution in [3.05, 3.63) is 22.7 Å². The van der Waals surface area contributed by atoms with Crippen molar-refractivity contribution in [2.24, 2.45) is 0 Å². The Hall–Kier alpha value is -1.73. The van der Waals surface area contributed by atoms with Gasteiger partial charge < -0.3 is 14.2 Å². The Labute approximate surface area is 133 Å². The molecule has 118 valence electrons. The Balaban J connectivity index is 1.53. The molecule has 1 saturated heterocycles. The quantitative estimate of drug-likeness (QED) is 0.845. The third kappa shape index (κ3) is 3.53. The van der Waals surface area contributed by atoms with Gasteiger partial charge in [0.25, 0.3) is 0 Å². The molecule has 1 fully saturated rings. The summed E-state index contributed by atoms with van der Waals surface area (Å²) >= 11 is 1.59. The molecule has 1 aliphatic rings. The summed E-state index contributed by atoms with van der Waals surface area (Å²) in [6.07, 6.45) is 1.95. The number of ether oxygens (including phenoxy) is 1. The van der Waals surface area contributed by atoms with Crippen LogP contribution < -0.4 is 0 Å². The monoisotopic (exact) mass is 321 g/mol. The zero-order valence-corrected chi connectivity index (χ0v) is 13.3. The van der Waals surface area contributed by atoms with Crippen LogP contribution in [0.5, 0.6) is 0 Å². The maximum atomic E-state index is 12.3. The summed E-state index contributed by atoms with van der Waals surface area (Å²) in [6, 6.07) is 1.95. The first-order valence-electron chi connectivity index (χ1n) is 7.50. The molecule has 0 N–H and O–H groups in total. The van der Waals surface area contributed by atoms with E-state index < -0.39 is 0 Å². The van der Waals surface area contributed by atoms with Gasteiger partial charge in [-0.25, -0.2) is 0 Å². The van der Waals surface area contributed by atoms with E-state index in [2.05, 4.69) is 17.1 Å². The van der Waals surface area contributed by atoms with E-state index >= 15 is 0 Å². The number of nitrogens with zero attached hydrogens (tertiary/aromatic N) is 3. The van der Waals surface area contributed by atoms with Crippen LogP contribution in [0.25, 0.3) is 11.4 Å². The number of aromatic nitrogens is 2. The molecule has 0 aliphatic carbocycles. The minimum absolute atomic E-state index is 0.122. The van der Waals surface area contributed by atoms with E-state index in [1.165, 1.54) is 0 Å². The summed E-state index contributed by atoms with van der Waals surface area (Å²) < 4.78 is 10.8. The minimum atomic E-state index is 0.122. The lowest BCUT2D eigenvalue weighted by atomic mass is 10.2. The highest BCUT2D eigenvalue weighted by Crippen LogP contribution is 2.19. The number of carbonyl (C=O) groups is 1. The van der Waals surface area contributed by atoms with E-state index in [1.54, 1.807) is 11.3 Å². The van der Waals surface area contributed by atoms with Gasteiger partial charge in [0.15, 0.2) is 0 Å². The molecule has 0 spiro atoms. The van der Waals surface area contributed by atoms with Gasteiger partial charge in [-0.15, -0.1) is 0 Å². The number of amides is 1. The third-order valence-electron chi connectivity index (χ3n) is 3.75. The average Bonchev–Trinajstić information content (AvgIpc) is 3.23. The number of aryl methyl sites for hydroxylation is 1. The van der Waals surface area contributed by atoms with E-state index in [9.17, 15) is 4.79 Å². The van der Waals surface area contributed by atoms with Crippen molar-refractivity contribution in [3.63, 3.8) is 0 Å². The number of carbonyl (C=O) groups excluding carboxylic acids is 1. The summed E-state index contributed by atoms with van der Waals surface area (Å²) in [5.74, 6) is 1.22. The topological polar surface area (TPSA) is 68.5 Å². The molecular weight excluding hydrogens is 302 g/mol. The number of hydrogen-bond donors (Lipinski definition) is 0. The molecule has 1 aliphatic heterocycles. The number of rotatable bonds is 5. The van der Waals surface area contributed by atoms with Crippen LogP contribution in [0.4, 0.5) is 0 Å². The number of thiophene rings is 1. The standard InChI is InChI=1S/C15H19N3O3S/c1-2-12-9-18(6-7-20-12)14(19)4-3-13-16-15(17-21-13)11-5-8-22-10-11/h5,8,10,12H,2-4,6-7,9H2,1H3. The zero-order chi connectivity index (χ0) is 15.4. The smallest absolute Gasteiger partial charge is 0.227 e. The summed E-state index contributed by atoms with van der Waals surface area (Å²) in [4.78, 5) is 18.5. The lowest BCUT2D eigenvalue weighted by Gasteiger charge is -2.32. The molecule has 3 heterocycles. The van der Waals surface area contributed by atoms with Crippen LogP contribution in [0, 0.1) is 0 Å². The molecular formula is C15H19N3O3S. The predicted molar refractivity (Wildman–Crippen MR) is 82.5 cm³/mol. The number of morpholine rings is 1. The van der Waals surface area contributed by atoms with Gasteiger partial charge in [-0.05, 0) is 17.9 Å². The fourth-order valence-corrected chi connectivity index (χ4v) is 3.06.